The van der Waals surface area contributed by atoms with Crippen LogP contribution in [-0.2, 0) is 0 Å². The normalized spacial score (nSPS) is 12.4. The summed E-state index contributed by atoms with van der Waals surface area (Å²) < 4.78 is 0. The van der Waals surface area contributed by atoms with Crippen molar-refractivity contribution in [2.45, 2.75) is 0 Å². The van der Waals surface area contributed by atoms with E-state index in [0.29, 0.717) is 0 Å². The molecule has 0 bridgehead atoms. The molecule has 0 saturated heterocycles. The van der Waals surface area contributed by atoms with Crippen molar-refractivity contribution in [1.29, 1.82) is 0 Å². The van der Waals surface area contributed by atoms with Gasteiger partial charge < -0.3 is 5.73 Å². The summed E-state index contributed by atoms with van der Waals surface area (Å²) in [7, 11) is 0. The molecule has 0 atom stereocenters. The van der Waals surface area contributed by atoms with Gasteiger partial charge in [-0.05, 0) is 44.8 Å². The molecule has 28 heavy (non-hydrogen) atoms. The van der Waals surface area contributed by atoms with Crippen molar-refractivity contribution in [3.8, 4) is 0 Å². The van der Waals surface area contributed by atoms with Gasteiger partial charge in [0, 0.05) is 0 Å². The lowest BCUT2D eigenvalue weighted by Gasteiger charge is -2.00. The Labute approximate surface area is 162 Å². The Morgan fingerprint density at radius 2 is 1.21 bits per heavy atom. The summed E-state index contributed by atoms with van der Waals surface area (Å²) in [6.07, 6.45) is 3.36. The first-order valence-electron chi connectivity index (χ1n) is 8.91. The van der Waals surface area contributed by atoms with Crippen molar-refractivity contribution in [2.24, 2.45) is 21.0 Å². The van der Waals surface area contributed by atoms with Gasteiger partial charge in [0.15, 0.2) is 0 Å². The second-order valence-electron chi connectivity index (χ2n) is 6.31. The molecule has 5 heteroatoms. The van der Waals surface area contributed by atoms with Crippen LogP contribution < -0.4 is 11.2 Å². The Bertz CT molecular complexity index is 1210. The fraction of sp³-hybridized carbons (Fsp3) is 0. The van der Waals surface area contributed by atoms with E-state index < -0.39 is 0 Å². The molecular formula is C23H19N5. The Morgan fingerprint density at radius 1 is 0.679 bits per heavy atom. The van der Waals surface area contributed by atoms with Gasteiger partial charge in [0.25, 0.3) is 0 Å². The minimum Gasteiger partial charge on any atom is -0.367 e. The first-order chi connectivity index (χ1) is 13.8. The molecule has 0 unspecified atom stereocenters. The molecule has 0 aromatic heterocycles. The molecule has 0 aliphatic rings. The highest BCUT2D eigenvalue weighted by molar-refractivity contribution is 5.92. The van der Waals surface area contributed by atoms with Crippen LogP contribution in [0, 0.1) is 0 Å². The van der Waals surface area contributed by atoms with Crippen LogP contribution in [0.5, 0.6) is 0 Å². The summed E-state index contributed by atoms with van der Waals surface area (Å²) in [5.41, 5.74) is 10.4. The van der Waals surface area contributed by atoms with Gasteiger partial charge in [0.2, 0.25) is 5.96 Å². The SMILES string of the molecule is NC(=N/N=C\c1ccc2ccccc2c1)N/N=C/c1ccc2ccccc2c1. The lowest BCUT2D eigenvalue weighted by molar-refractivity contribution is 0.994. The van der Waals surface area contributed by atoms with E-state index in [1.165, 1.54) is 10.8 Å². The Balaban J connectivity index is 1.39. The van der Waals surface area contributed by atoms with E-state index in [0.717, 1.165) is 21.9 Å². The second kappa shape index (κ2) is 8.14. The molecule has 0 spiro atoms. The predicted octanol–water partition coefficient (Wildman–Crippen LogP) is 4.27. The number of nitrogens with two attached hydrogens (primary N) is 1. The Hall–Kier alpha value is -3.99. The molecule has 4 rings (SSSR count). The van der Waals surface area contributed by atoms with Gasteiger partial charge in [-0.1, -0.05) is 72.8 Å². The molecule has 136 valence electrons. The Kier molecular flexibility index (Phi) is 5.06. The van der Waals surface area contributed by atoms with Crippen LogP contribution in [-0.4, -0.2) is 18.4 Å². The smallest absolute Gasteiger partial charge is 0.234 e. The lowest BCUT2D eigenvalue weighted by atomic mass is 10.1. The Morgan fingerprint density at radius 3 is 1.82 bits per heavy atom. The lowest BCUT2D eigenvalue weighted by Crippen LogP contribution is -2.26. The zero-order valence-corrected chi connectivity index (χ0v) is 15.2. The molecule has 0 saturated carbocycles. The quantitative estimate of drug-likeness (QED) is 0.322. The van der Waals surface area contributed by atoms with Gasteiger partial charge in [-0.3, -0.25) is 0 Å². The molecule has 0 aliphatic carbocycles. The highest BCUT2D eigenvalue weighted by Crippen LogP contribution is 2.15. The van der Waals surface area contributed by atoms with E-state index in [1.807, 2.05) is 36.4 Å². The zero-order valence-electron chi connectivity index (χ0n) is 15.2. The van der Waals surface area contributed by atoms with Gasteiger partial charge in [-0.15, -0.1) is 5.10 Å². The van der Waals surface area contributed by atoms with E-state index in [-0.39, 0.29) is 5.96 Å². The number of fused-ring (bicyclic) bond motifs is 2. The van der Waals surface area contributed by atoms with Crippen molar-refractivity contribution in [2.75, 3.05) is 0 Å². The third-order valence-corrected chi connectivity index (χ3v) is 4.31. The van der Waals surface area contributed by atoms with Gasteiger partial charge >= 0.3 is 0 Å². The van der Waals surface area contributed by atoms with Crippen molar-refractivity contribution in [3.05, 3.63) is 96.1 Å². The van der Waals surface area contributed by atoms with Crippen molar-refractivity contribution < 1.29 is 0 Å². The molecule has 0 radical (unpaired) electrons. The highest BCUT2D eigenvalue weighted by Gasteiger charge is 1.95. The highest BCUT2D eigenvalue weighted by atomic mass is 15.4. The van der Waals surface area contributed by atoms with E-state index >= 15 is 0 Å². The maximum atomic E-state index is 5.79. The van der Waals surface area contributed by atoms with E-state index in [4.69, 9.17) is 5.73 Å². The zero-order chi connectivity index (χ0) is 19.2. The maximum Gasteiger partial charge on any atom is 0.234 e. The van der Waals surface area contributed by atoms with Crippen LogP contribution in [0.2, 0.25) is 0 Å². The summed E-state index contributed by atoms with van der Waals surface area (Å²) in [5, 5.41) is 16.7. The number of hydrogen-bond acceptors (Lipinski definition) is 3. The van der Waals surface area contributed by atoms with Crippen LogP contribution in [0.15, 0.2) is 100 Å². The average molecular weight is 365 g/mol. The second-order valence-corrected chi connectivity index (χ2v) is 6.31. The number of hydrazone groups is 1. The summed E-state index contributed by atoms with van der Waals surface area (Å²) in [5.74, 6) is 0.120. The van der Waals surface area contributed by atoms with Crippen LogP contribution in [0.1, 0.15) is 11.1 Å². The summed E-state index contributed by atoms with van der Waals surface area (Å²) in [6.45, 7) is 0. The number of nitrogens with zero attached hydrogens (tertiary/aromatic N) is 3. The monoisotopic (exact) mass is 365 g/mol. The number of guanidine groups is 1. The molecule has 3 N–H and O–H groups in total. The summed E-state index contributed by atoms with van der Waals surface area (Å²) in [4.78, 5) is 0. The fourth-order valence-corrected chi connectivity index (χ4v) is 2.93. The van der Waals surface area contributed by atoms with Crippen LogP contribution in [0.4, 0.5) is 0 Å². The van der Waals surface area contributed by atoms with Gasteiger partial charge in [-0.2, -0.15) is 10.2 Å². The number of nitrogens with one attached hydrogen (secondary N) is 1. The van der Waals surface area contributed by atoms with Gasteiger partial charge in [0.1, 0.15) is 0 Å². The first kappa shape index (κ1) is 17.4. The van der Waals surface area contributed by atoms with Gasteiger partial charge in [-0.25, -0.2) is 5.43 Å². The molecule has 4 aromatic rings. The molecule has 5 nitrogen and oxygen atoms in total. The van der Waals surface area contributed by atoms with Gasteiger partial charge in [0.05, 0.1) is 12.4 Å². The molecule has 4 aromatic carbocycles. The van der Waals surface area contributed by atoms with Crippen LogP contribution >= 0.6 is 0 Å². The van der Waals surface area contributed by atoms with Crippen molar-refractivity contribution >= 4 is 39.9 Å². The van der Waals surface area contributed by atoms with E-state index in [9.17, 15) is 0 Å². The van der Waals surface area contributed by atoms with Crippen molar-refractivity contribution in [3.63, 3.8) is 0 Å². The molecule has 0 fully saturated rings. The molecule has 0 amide bonds. The maximum absolute atomic E-state index is 5.79. The fourth-order valence-electron chi connectivity index (χ4n) is 2.93. The minimum atomic E-state index is 0.120. The number of hydrogen-bond donors (Lipinski definition) is 2. The minimum absolute atomic E-state index is 0.120. The predicted molar refractivity (Wildman–Crippen MR) is 118 cm³/mol. The first-order valence-corrected chi connectivity index (χ1v) is 8.91. The number of benzene rings is 4. The van der Waals surface area contributed by atoms with Crippen LogP contribution in [0.25, 0.3) is 21.5 Å². The molecule has 0 heterocycles. The standard InChI is InChI=1S/C23H19N5/c24-23(27-25-15-17-9-11-19-5-1-3-7-21(19)13-17)28-26-16-18-10-12-20-6-2-4-8-22(20)14-18/h1-16H,(H3,24,27,28)/b25-15-,26-16+. The summed E-state index contributed by atoms with van der Waals surface area (Å²) >= 11 is 0. The molecule has 0 aliphatic heterocycles. The van der Waals surface area contributed by atoms with Crippen molar-refractivity contribution in [1.82, 2.24) is 5.43 Å². The van der Waals surface area contributed by atoms with E-state index in [2.05, 4.69) is 69.3 Å². The van der Waals surface area contributed by atoms with Crippen LogP contribution in [0.3, 0.4) is 0 Å². The molecular weight excluding hydrogens is 346 g/mol. The third kappa shape index (κ3) is 4.22. The number of rotatable bonds is 4. The summed E-state index contributed by atoms with van der Waals surface area (Å²) in [6, 6.07) is 28.6. The van der Waals surface area contributed by atoms with E-state index in [1.54, 1.807) is 12.4 Å². The third-order valence-electron chi connectivity index (χ3n) is 4.31. The average Bonchev–Trinajstić information content (AvgIpc) is 2.73. The largest absolute Gasteiger partial charge is 0.367 e. The topological polar surface area (TPSA) is 75.1 Å².